The molecule has 3 rings (SSSR count). The van der Waals surface area contributed by atoms with Crippen LogP contribution in [0.15, 0.2) is 35.7 Å². The summed E-state index contributed by atoms with van der Waals surface area (Å²) < 4.78 is 7.22. The standard InChI is InChI=1S/C15H16INOSi/c1-19(2,3)15-13(16)14-11(9-18-15)8-10-6-4-5-7-12(10)17-14/h4-8H,9H2,1-3H3. The topological polar surface area (TPSA) is 22.1 Å². The van der Waals surface area contributed by atoms with Gasteiger partial charge in [0.25, 0.3) is 0 Å². The van der Waals surface area contributed by atoms with Gasteiger partial charge in [-0.15, -0.1) is 0 Å². The van der Waals surface area contributed by atoms with E-state index in [0.717, 1.165) is 11.2 Å². The van der Waals surface area contributed by atoms with Gasteiger partial charge in [-0.1, -0.05) is 37.8 Å². The van der Waals surface area contributed by atoms with Gasteiger partial charge < -0.3 is 4.74 Å². The largest absolute Gasteiger partial charge is 0.497 e. The third kappa shape index (κ3) is 2.31. The van der Waals surface area contributed by atoms with Crippen molar-refractivity contribution in [3.05, 3.63) is 47.0 Å². The lowest BCUT2D eigenvalue weighted by Crippen LogP contribution is -2.28. The number of hydrogen-bond donors (Lipinski definition) is 0. The number of nitrogens with zero attached hydrogens (tertiary/aromatic N) is 1. The van der Waals surface area contributed by atoms with Gasteiger partial charge in [0.15, 0.2) is 0 Å². The van der Waals surface area contributed by atoms with Crippen molar-refractivity contribution >= 4 is 45.1 Å². The first-order chi connectivity index (χ1) is 8.97. The molecule has 2 heterocycles. The van der Waals surface area contributed by atoms with Gasteiger partial charge in [-0.2, -0.15) is 0 Å². The van der Waals surface area contributed by atoms with Crippen LogP contribution in [-0.2, 0) is 11.3 Å². The van der Waals surface area contributed by atoms with Crippen LogP contribution < -0.4 is 0 Å². The first-order valence-electron chi connectivity index (χ1n) is 6.39. The predicted molar refractivity (Wildman–Crippen MR) is 90.8 cm³/mol. The van der Waals surface area contributed by atoms with Gasteiger partial charge in [0.2, 0.25) is 0 Å². The summed E-state index contributed by atoms with van der Waals surface area (Å²) in [6.07, 6.45) is 0. The Morgan fingerprint density at radius 1 is 1.21 bits per heavy atom. The van der Waals surface area contributed by atoms with Gasteiger partial charge in [-0.25, -0.2) is 4.98 Å². The highest BCUT2D eigenvalue weighted by molar-refractivity contribution is 14.1. The lowest BCUT2D eigenvalue weighted by Gasteiger charge is -2.28. The maximum absolute atomic E-state index is 6.02. The molecule has 0 radical (unpaired) electrons. The van der Waals surface area contributed by atoms with Gasteiger partial charge in [-0.3, -0.25) is 0 Å². The second-order valence-electron chi connectivity index (χ2n) is 5.87. The smallest absolute Gasteiger partial charge is 0.124 e. The van der Waals surface area contributed by atoms with E-state index in [0.29, 0.717) is 6.61 Å². The maximum atomic E-state index is 6.02. The molecule has 0 N–H and O–H groups in total. The molecule has 2 nitrogen and oxygen atoms in total. The molecule has 19 heavy (non-hydrogen) atoms. The van der Waals surface area contributed by atoms with Crippen LogP contribution in [-0.4, -0.2) is 13.1 Å². The summed E-state index contributed by atoms with van der Waals surface area (Å²) in [6.45, 7) is 7.59. The van der Waals surface area contributed by atoms with E-state index in [9.17, 15) is 0 Å². The Kier molecular flexibility index (Phi) is 3.17. The third-order valence-corrected chi connectivity index (χ3v) is 6.53. The fourth-order valence-electron chi connectivity index (χ4n) is 2.33. The number of pyridine rings is 1. The molecule has 1 aromatic carbocycles. The van der Waals surface area contributed by atoms with Crippen molar-refractivity contribution in [3.63, 3.8) is 0 Å². The molecule has 0 bridgehead atoms. The zero-order valence-corrected chi connectivity index (χ0v) is 14.5. The van der Waals surface area contributed by atoms with Crippen LogP contribution in [0.3, 0.4) is 0 Å². The SMILES string of the molecule is C[Si](C)(C)C1=C(I)c2nc3ccccc3cc2CO1. The highest BCUT2D eigenvalue weighted by atomic mass is 127. The van der Waals surface area contributed by atoms with Crippen LogP contribution in [0.4, 0.5) is 0 Å². The molecule has 2 aromatic rings. The summed E-state index contributed by atoms with van der Waals surface area (Å²) in [5, 5.41) is 2.37. The summed E-state index contributed by atoms with van der Waals surface area (Å²) in [7, 11) is -1.45. The van der Waals surface area contributed by atoms with E-state index in [-0.39, 0.29) is 0 Å². The molecule has 4 heteroatoms. The van der Waals surface area contributed by atoms with E-state index in [1.54, 1.807) is 0 Å². The van der Waals surface area contributed by atoms with Crippen LogP contribution >= 0.6 is 22.6 Å². The zero-order valence-electron chi connectivity index (χ0n) is 11.3. The van der Waals surface area contributed by atoms with Gasteiger partial charge in [-0.05, 0) is 34.7 Å². The van der Waals surface area contributed by atoms with E-state index in [2.05, 4.69) is 60.4 Å². The normalized spacial score (nSPS) is 15.4. The summed E-state index contributed by atoms with van der Waals surface area (Å²) in [4.78, 5) is 4.84. The zero-order chi connectivity index (χ0) is 13.6. The molecular formula is C15H16INOSi. The van der Waals surface area contributed by atoms with Crippen LogP contribution in [0.25, 0.3) is 14.5 Å². The van der Waals surface area contributed by atoms with Gasteiger partial charge >= 0.3 is 0 Å². The second kappa shape index (κ2) is 4.59. The predicted octanol–water partition coefficient (Wildman–Crippen LogP) is 4.75. The fraction of sp³-hybridized carbons (Fsp3) is 0.267. The van der Waals surface area contributed by atoms with Crippen molar-refractivity contribution in [2.75, 3.05) is 0 Å². The van der Waals surface area contributed by atoms with Crippen molar-refractivity contribution in [3.8, 4) is 0 Å². The number of fused-ring (bicyclic) bond motifs is 2. The molecule has 98 valence electrons. The quantitative estimate of drug-likeness (QED) is 0.526. The number of benzene rings is 1. The molecule has 0 fully saturated rings. The Bertz CT molecular complexity index is 688. The van der Waals surface area contributed by atoms with Crippen LogP contribution in [0, 0.1) is 0 Å². The average Bonchev–Trinajstić information content (AvgIpc) is 2.36. The summed E-state index contributed by atoms with van der Waals surface area (Å²) in [6, 6.07) is 10.5. The van der Waals surface area contributed by atoms with Crippen LogP contribution in [0.1, 0.15) is 11.3 Å². The van der Waals surface area contributed by atoms with E-state index < -0.39 is 8.07 Å². The van der Waals surface area contributed by atoms with Crippen molar-refractivity contribution in [2.45, 2.75) is 26.2 Å². The Morgan fingerprint density at radius 2 is 1.95 bits per heavy atom. The fourth-order valence-corrected chi connectivity index (χ4v) is 6.66. The number of ether oxygens (including phenoxy) is 1. The summed E-state index contributed by atoms with van der Waals surface area (Å²) in [5.41, 5.74) is 3.38. The Labute approximate surface area is 128 Å². The van der Waals surface area contributed by atoms with Crippen LogP contribution in [0.2, 0.25) is 19.6 Å². The van der Waals surface area contributed by atoms with E-state index in [1.165, 1.54) is 19.9 Å². The van der Waals surface area contributed by atoms with Gasteiger partial charge in [0, 0.05) is 10.9 Å². The minimum absolute atomic E-state index is 0.652. The summed E-state index contributed by atoms with van der Waals surface area (Å²) in [5.74, 6) is 0. The Balaban J connectivity index is 2.24. The van der Waals surface area contributed by atoms with Crippen LogP contribution in [0.5, 0.6) is 0 Å². The lowest BCUT2D eigenvalue weighted by atomic mass is 10.1. The van der Waals surface area contributed by atoms with E-state index >= 15 is 0 Å². The number of hydrogen-bond acceptors (Lipinski definition) is 2. The number of rotatable bonds is 1. The molecule has 0 saturated heterocycles. The second-order valence-corrected chi connectivity index (χ2v) is 11.9. The van der Waals surface area contributed by atoms with Crippen molar-refractivity contribution in [2.24, 2.45) is 0 Å². The highest BCUT2D eigenvalue weighted by Crippen LogP contribution is 2.38. The third-order valence-electron chi connectivity index (χ3n) is 3.26. The van der Waals surface area contributed by atoms with Crippen molar-refractivity contribution in [1.29, 1.82) is 0 Å². The average molecular weight is 381 g/mol. The number of para-hydroxylation sites is 1. The first-order valence-corrected chi connectivity index (χ1v) is 11.0. The molecule has 0 unspecified atom stereocenters. The first kappa shape index (κ1) is 13.1. The minimum Gasteiger partial charge on any atom is -0.497 e. The molecule has 0 aliphatic carbocycles. The molecule has 1 aliphatic heterocycles. The van der Waals surface area contributed by atoms with Gasteiger partial charge in [0.05, 0.1) is 20.2 Å². The molecule has 1 aliphatic rings. The summed E-state index contributed by atoms with van der Waals surface area (Å²) >= 11 is 2.40. The van der Waals surface area contributed by atoms with E-state index in [4.69, 9.17) is 9.72 Å². The molecule has 0 atom stereocenters. The minimum atomic E-state index is -1.45. The van der Waals surface area contributed by atoms with Gasteiger partial charge in [0.1, 0.15) is 14.7 Å². The maximum Gasteiger partial charge on any atom is 0.124 e. The lowest BCUT2D eigenvalue weighted by molar-refractivity contribution is 0.216. The monoisotopic (exact) mass is 381 g/mol. The highest BCUT2D eigenvalue weighted by Gasteiger charge is 2.30. The molecule has 1 aromatic heterocycles. The van der Waals surface area contributed by atoms with Crippen molar-refractivity contribution < 1.29 is 4.74 Å². The van der Waals surface area contributed by atoms with E-state index in [1.807, 2.05) is 12.1 Å². The molecule has 0 spiro atoms. The number of aromatic nitrogens is 1. The van der Waals surface area contributed by atoms with Crippen molar-refractivity contribution in [1.82, 2.24) is 4.98 Å². The Morgan fingerprint density at radius 3 is 2.68 bits per heavy atom. The molecule has 0 saturated carbocycles. The molecular weight excluding hydrogens is 365 g/mol. The Hall–Kier alpha value is -0.883. The molecule has 0 amide bonds. The number of halogens is 1.